The van der Waals surface area contributed by atoms with E-state index in [1.54, 1.807) is 0 Å². The molecule has 3 N–H and O–H groups in total. The van der Waals surface area contributed by atoms with E-state index < -0.39 is 0 Å². The second kappa shape index (κ2) is 6.88. The van der Waals surface area contributed by atoms with Crippen LogP contribution in [-0.2, 0) is 39.1 Å². The van der Waals surface area contributed by atoms with Gasteiger partial charge in [0.05, 0.1) is 19.8 Å². The maximum atomic E-state index is 9.60. The van der Waals surface area contributed by atoms with Crippen LogP contribution in [0.15, 0.2) is 0 Å². The number of hydrogen-bond acceptors (Lipinski definition) is 3. The van der Waals surface area contributed by atoms with Gasteiger partial charge in [-0.05, 0) is 52.6 Å². The minimum absolute atomic E-state index is 0.0314. The molecule has 1 aromatic carbocycles. The molecule has 0 aliphatic heterocycles. The molecule has 0 radical (unpaired) electrons. The Kier molecular flexibility index (Phi) is 5.79. The van der Waals surface area contributed by atoms with Crippen LogP contribution in [0, 0.1) is 0 Å². The van der Waals surface area contributed by atoms with Crippen LogP contribution in [0.3, 0.4) is 0 Å². The van der Waals surface area contributed by atoms with Gasteiger partial charge >= 0.3 is 0 Å². The molecule has 0 bridgehead atoms. The van der Waals surface area contributed by atoms with Gasteiger partial charge in [-0.2, -0.15) is 0 Å². The quantitative estimate of drug-likeness (QED) is 0.724. The van der Waals surface area contributed by atoms with Crippen molar-refractivity contribution in [2.75, 3.05) is 0 Å². The van der Waals surface area contributed by atoms with Crippen LogP contribution in [0.25, 0.3) is 0 Å². The van der Waals surface area contributed by atoms with Crippen molar-refractivity contribution in [2.24, 2.45) is 0 Å². The number of rotatable bonds is 6. The fourth-order valence-corrected chi connectivity index (χ4v) is 2.95. The van der Waals surface area contributed by atoms with Gasteiger partial charge in [0.15, 0.2) is 0 Å². The van der Waals surface area contributed by atoms with Gasteiger partial charge < -0.3 is 15.3 Å². The second-order valence-corrected chi connectivity index (χ2v) is 4.41. The smallest absolute Gasteiger partial charge is 0.0687 e. The Balaban J connectivity index is 3.71. The van der Waals surface area contributed by atoms with Crippen LogP contribution in [0.5, 0.6) is 0 Å². The van der Waals surface area contributed by atoms with E-state index in [4.69, 9.17) is 0 Å². The van der Waals surface area contributed by atoms with Crippen molar-refractivity contribution in [3.8, 4) is 0 Å². The number of hydrogen-bond donors (Lipinski definition) is 3. The third-order valence-corrected chi connectivity index (χ3v) is 3.72. The summed E-state index contributed by atoms with van der Waals surface area (Å²) in [6.07, 6.45) is 2.37. The lowest BCUT2D eigenvalue weighted by atomic mass is 9.84. The van der Waals surface area contributed by atoms with Gasteiger partial charge in [0.25, 0.3) is 0 Å². The van der Waals surface area contributed by atoms with Crippen LogP contribution in [0.4, 0.5) is 0 Å². The van der Waals surface area contributed by atoms with Gasteiger partial charge in [-0.1, -0.05) is 20.8 Å². The molecule has 0 heterocycles. The minimum Gasteiger partial charge on any atom is -0.392 e. The average Bonchev–Trinajstić information content (AvgIpc) is 2.43. The molecule has 0 aromatic heterocycles. The highest BCUT2D eigenvalue weighted by molar-refractivity contribution is 5.51. The molecular weight excluding hydrogens is 228 g/mol. The van der Waals surface area contributed by atoms with E-state index in [9.17, 15) is 15.3 Å². The summed E-state index contributed by atoms with van der Waals surface area (Å²) in [5, 5.41) is 28.8. The van der Waals surface area contributed by atoms with Crippen LogP contribution < -0.4 is 0 Å². The van der Waals surface area contributed by atoms with E-state index in [0.717, 1.165) is 52.6 Å². The first kappa shape index (κ1) is 15.2. The molecule has 0 aliphatic carbocycles. The van der Waals surface area contributed by atoms with E-state index >= 15 is 0 Å². The third kappa shape index (κ3) is 2.44. The summed E-state index contributed by atoms with van der Waals surface area (Å²) in [7, 11) is 0. The fraction of sp³-hybridized carbons (Fsp3) is 0.600. The predicted octanol–water partition coefficient (Wildman–Crippen LogP) is 1.85. The summed E-state index contributed by atoms with van der Waals surface area (Å²) >= 11 is 0. The van der Waals surface area contributed by atoms with Crippen LogP contribution in [-0.4, -0.2) is 15.3 Å². The molecule has 3 heteroatoms. The van der Waals surface area contributed by atoms with Crippen molar-refractivity contribution < 1.29 is 15.3 Å². The van der Waals surface area contributed by atoms with Gasteiger partial charge in [-0.15, -0.1) is 0 Å². The normalized spacial score (nSPS) is 11.0. The summed E-state index contributed by atoms with van der Waals surface area (Å²) in [6.45, 7) is 6.00. The maximum Gasteiger partial charge on any atom is 0.0687 e. The molecule has 0 atom stereocenters. The average molecular weight is 252 g/mol. The van der Waals surface area contributed by atoms with Crippen molar-refractivity contribution in [3.05, 3.63) is 33.4 Å². The van der Waals surface area contributed by atoms with Crippen molar-refractivity contribution in [1.29, 1.82) is 0 Å². The van der Waals surface area contributed by atoms with E-state index in [1.165, 1.54) is 0 Å². The van der Waals surface area contributed by atoms with E-state index in [2.05, 4.69) is 0 Å². The first-order valence-corrected chi connectivity index (χ1v) is 6.69. The predicted molar refractivity (Wildman–Crippen MR) is 72.3 cm³/mol. The zero-order chi connectivity index (χ0) is 13.7. The van der Waals surface area contributed by atoms with Gasteiger partial charge in [-0.25, -0.2) is 0 Å². The number of aliphatic hydroxyl groups is 3. The maximum absolute atomic E-state index is 9.60. The molecule has 1 aromatic rings. The molecule has 102 valence electrons. The third-order valence-electron chi connectivity index (χ3n) is 3.72. The Hall–Kier alpha value is -0.900. The summed E-state index contributed by atoms with van der Waals surface area (Å²) < 4.78 is 0. The van der Waals surface area contributed by atoms with Crippen molar-refractivity contribution in [2.45, 2.75) is 59.9 Å². The van der Waals surface area contributed by atoms with Crippen LogP contribution in [0.1, 0.15) is 54.2 Å². The molecule has 18 heavy (non-hydrogen) atoms. The SMILES string of the molecule is CCc1c(CO)c(CC)c(CO)c(CC)c1CO. The second-order valence-electron chi connectivity index (χ2n) is 4.41. The molecule has 0 saturated heterocycles. The topological polar surface area (TPSA) is 60.7 Å². The van der Waals surface area contributed by atoms with E-state index in [0.29, 0.717) is 0 Å². The van der Waals surface area contributed by atoms with Crippen LogP contribution >= 0.6 is 0 Å². The monoisotopic (exact) mass is 252 g/mol. The summed E-state index contributed by atoms with van der Waals surface area (Å²) in [5.41, 5.74) is 5.82. The van der Waals surface area contributed by atoms with E-state index in [1.807, 2.05) is 20.8 Å². The standard InChI is InChI=1S/C15H24O3/c1-4-10-13(7-16)11(5-2)15(9-18)12(6-3)14(10)8-17/h16-18H,4-9H2,1-3H3. The van der Waals surface area contributed by atoms with Crippen LogP contribution in [0.2, 0.25) is 0 Å². The highest BCUT2D eigenvalue weighted by Crippen LogP contribution is 2.30. The Morgan fingerprint density at radius 2 is 0.722 bits per heavy atom. The minimum atomic E-state index is -0.0314. The molecule has 0 unspecified atom stereocenters. The first-order chi connectivity index (χ1) is 8.69. The highest BCUT2D eigenvalue weighted by Gasteiger charge is 2.19. The highest BCUT2D eigenvalue weighted by atomic mass is 16.3. The van der Waals surface area contributed by atoms with Gasteiger partial charge in [0.1, 0.15) is 0 Å². The Morgan fingerprint density at radius 1 is 0.500 bits per heavy atom. The number of benzene rings is 1. The molecule has 0 saturated carbocycles. The lowest BCUT2D eigenvalue weighted by molar-refractivity contribution is 0.263. The zero-order valence-corrected chi connectivity index (χ0v) is 11.6. The molecule has 0 amide bonds. The Labute approximate surface area is 109 Å². The lowest BCUT2D eigenvalue weighted by Gasteiger charge is -2.23. The van der Waals surface area contributed by atoms with E-state index in [-0.39, 0.29) is 19.8 Å². The van der Waals surface area contributed by atoms with Crippen molar-refractivity contribution in [3.63, 3.8) is 0 Å². The lowest BCUT2D eigenvalue weighted by Crippen LogP contribution is -2.13. The molecule has 0 aliphatic rings. The van der Waals surface area contributed by atoms with Crippen molar-refractivity contribution in [1.82, 2.24) is 0 Å². The summed E-state index contributed by atoms with van der Waals surface area (Å²) in [6, 6.07) is 0. The fourth-order valence-electron chi connectivity index (χ4n) is 2.95. The van der Waals surface area contributed by atoms with Gasteiger partial charge in [0.2, 0.25) is 0 Å². The molecule has 0 fully saturated rings. The van der Waals surface area contributed by atoms with Gasteiger partial charge in [0, 0.05) is 0 Å². The first-order valence-electron chi connectivity index (χ1n) is 6.69. The Morgan fingerprint density at radius 3 is 0.833 bits per heavy atom. The van der Waals surface area contributed by atoms with Crippen molar-refractivity contribution >= 4 is 0 Å². The zero-order valence-electron chi connectivity index (χ0n) is 11.6. The molecule has 3 nitrogen and oxygen atoms in total. The summed E-state index contributed by atoms with van der Waals surface area (Å²) in [5.74, 6) is 0. The van der Waals surface area contributed by atoms with Gasteiger partial charge in [-0.3, -0.25) is 0 Å². The molecular formula is C15H24O3. The molecule has 0 spiro atoms. The summed E-state index contributed by atoms with van der Waals surface area (Å²) in [4.78, 5) is 0. The number of aliphatic hydroxyl groups excluding tert-OH is 3. The largest absolute Gasteiger partial charge is 0.392 e. The molecule has 1 rings (SSSR count). The Bertz CT molecular complexity index is 290.